The zero-order valence-electron chi connectivity index (χ0n) is 19.7. The second-order valence-corrected chi connectivity index (χ2v) is 9.24. The van der Waals surface area contributed by atoms with Gasteiger partial charge in [-0.1, -0.05) is 24.6 Å². The summed E-state index contributed by atoms with van der Waals surface area (Å²) in [7, 11) is 0. The van der Waals surface area contributed by atoms with Crippen molar-refractivity contribution in [2.45, 2.75) is 57.9 Å². The maximum absolute atomic E-state index is 13.0. The van der Waals surface area contributed by atoms with E-state index in [1.54, 1.807) is 24.3 Å². The Kier molecular flexibility index (Phi) is 8.00. The van der Waals surface area contributed by atoms with Crippen LogP contribution in [0.15, 0.2) is 48.5 Å². The van der Waals surface area contributed by atoms with E-state index in [1.165, 1.54) is 31.4 Å². The van der Waals surface area contributed by atoms with Gasteiger partial charge in [-0.2, -0.15) is 0 Å². The summed E-state index contributed by atoms with van der Waals surface area (Å²) < 4.78 is 0. The molecule has 2 N–H and O–H groups in total. The van der Waals surface area contributed by atoms with Gasteiger partial charge in [-0.15, -0.1) is 0 Å². The summed E-state index contributed by atoms with van der Waals surface area (Å²) in [5.74, 6) is -0.0685. The predicted octanol–water partition coefficient (Wildman–Crippen LogP) is 5.06. The minimum atomic E-state index is -0.131. The number of aryl methyl sites for hydroxylation is 1. The number of hydrogen-bond acceptors (Lipinski definition) is 3. The summed E-state index contributed by atoms with van der Waals surface area (Å²) in [6.07, 6.45) is 7.92. The van der Waals surface area contributed by atoms with E-state index in [0.717, 1.165) is 37.9 Å². The van der Waals surface area contributed by atoms with Crippen molar-refractivity contribution < 1.29 is 9.59 Å². The molecule has 6 nitrogen and oxygen atoms in total. The van der Waals surface area contributed by atoms with Crippen LogP contribution in [0.3, 0.4) is 0 Å². The molecule has 2 aromatic rings. The van der Waals surface area contributed by atoms with Gasteiger partial charge in [-0.05, 0) is 87.9 Å². The van der Waals surface area contributed by atoms with Gasteiger partial charge in [-0.25, -0.2) is 4.79 Å². The van der Waals surface area contributed by atoms with Crippen LogP contribution in [-0.2, 0) is 6.42 Å². The standard InChI is InChI=1S/C27H36N4O2/c1-21-9-4-6-18-30(21)19-8-17-28-26(32)23-13-15-24(16-14-23)29-27(33)31-20-7-5-11-22-10-2-3-12-25(22)31/h2-3,10,12-16,21H,4-9,11,17-20H2,1H3,(H,28,32)(H,29,33). The second-order valence-electron chi connectivity index (χ2n) is 9.24. The first kappa shape index (κ1) is 23.3. The fraction of sp³-hybridized carbons (Fsp3) is 0.481. The number of para-hydroxylation sites is 1. The van der Waals surface area contributed by atoms with Gasteiger partial charge in [0.15, 0.2) is 0 Å². The fourth-order valence-corrected chi connectivity index (χ4v) is 4.87. The molecule has 0 radical (unpaired) electrons. The Hall–Kier alpha value is -2.86. The predicted molar refractivity (Wildman–Crippen MR) is 134 cm³/mol. The molecule has 33 heavy (non-hydrogen) atoms. The zero-order chi connectivity index (χ0) is 23.0. The van der Waals surface area contributed by atoms with E-state index < -0.39 is 0 Å². The number of nitrogens with one attached hydrogen (secondary N) is 2. The number of carbonyl (C=O) groups excluding carboxylic acids is 2. The van der Waals surface area contributed by atoms with Crippen molar-refractivity contribution in [3.63, 3.8) is 0 Å². The highest BCUT2D eigenvalue weighted by atomic mass is 16.2. The molecule has 0 saturated carbocycles. The van der Waals surface area contributed by atoms with Crippen LogP contribution in [0.1, 0.15) is 61.4 Å². The first-order valence-electron chi connectivity index (χ1n) is 12.4. The molecule has 1 atom stereocenters. The summed E-state index contributed by atoms with van der Waals surface area (Å²) >= 11 is 0. The van der Waals surface area contributed by atoms with Crippen LogP contribution in [0.5, 0.6) is 0 Å². The molecule has 1 saturated heterocycles. The quantitative estimate of drug-likeness (QED) is 0.608. The number of rotatable bonds is 6. The van der Waals surface area contributed by atoms with Crippen LogP contribution in [0, 0.1) is 0 Å². The second kappa shape index (κ2) is 11.3. The summed E-state index contributed by atoms with van der Waals surface area (Å²) in [6.45, 7) is 5.88. The van der Waals surface area contributed by atoms with Crippen molar-refractivity contribution in [1.29, 1.82) is 0 Å². The topological polar surface area (TPSA) is 64.7 Å². The van der Waals surface area contributed by atoms with E-state index in [4.69, 9.17) is 0 Å². The third-order valence-corrected chi connectivity index (χ3v) is 6.85. The van der Waals surface area contributed by atoms with Gasteiger partial charge in [0, 0.05) is 42.6 Å². The Bertz CT molecular complexity index is 943. The Labute approximate surface area is 197 Å². The number of carbonyl (C=O) groups is 2. The normalized spacial score (nSPS) is 18.8. The van der Waals surface area contributed by atoms with Crippen LogP contribution < -0.4 is 15.5 Å². The van der Waals surface area contributed by atoms with Gasteiger partial charge in [0.25, 0.3) is 5.91 Å². The number of fused-ring (bicyclic) bond motifs is 1. The zero-order valence-corrected chi connectivity index (χ0v) is 19.7. The third-order valence-electron chi connectivity index (χ3n) is 6.85. The number of piperidine rings is 1. The van der Waals surface area contributed by atoms with E-state index in [9.17, 15) is 9.59 Å². The molecule has 176 valence electrons. The molecule has 0 bridgehead atoms. The van der Waals surface area contributed by atoms with E-state index in [0.29, 0.717) is 30.4 Å². The Morgan fingerprint density at radius 3 is 2.58 bits per heavy atom. The largest absolute Gasteiger partial charge is 0.352 e. The van der Waals surface area contributed by atoms with Crippen molar-refractivity contribution in [3.05, 3.63) is 59.7 Å². The maximum Gasteiger partial charge on any atom is 0.326 e. The molecular formula is C27H36N4O2. The number of likely N-dealkylation sites (tertiary alicyclic amines) is 1. The van der Waals surface area contributed by atoms with Crippen LogP contribution in [-0.4, -0.2) is 49.1 Å². The van der Waals surface area contributed by atoms with Gasteiger partial charge >= 0.3 is 6.03 Å². The van der Waals surface area contributed by atoms with Gasteiger partial charge in [-0.3, -0.25) is 9.69 Å². The number of amides is 3. The Balaban J connectivity index is 1.26. The molecule has 0 spiro atoms. The third kappa shape index (κ3) is 6.14. The molecule has 0 aliphatic carbocycles. The van der Waals surface area contributed by atoms with Crippen molar-refractivity contribution in [2.75, 3.05) is 36.4 Å². The molecule has 6 heteroatoms. The molecule has 2 aliphatic heterocycles. The summed E-state index contributed by atoms with van der Waals surface area (Å²) in [6, 6.07) is 15.8. The first-order chi connectivity index (χ1) is 16.1. The molecule has 4 rings (SSSR count). The number of nitrogens with zero attached hydrogens (tertiary/aromatic N) is 2. The maximum atomic E-state index is 13.0. The minimum absolute atomic E-state index is 0.0685. The number of hydrogen-bond donors (Lipinski definition) is 2. The molecular weight excluding hydrogens is 412 g/mol. The highest BCUT2D eigenvalue weighted by molar-refractivity contribution is 6.02. The van der Waals surface area contributed by atoms with E-state index in [1.807, 2.05) is 23.1 Å². The molecule has 0 aromatic heterocycles. The monoisotopic (exact) mass is 448 g/mol. The number of anilines is 2. The smallest absolute Gasteiger partial charge is 0.326 e. The van der Waals surface area contributed by atoms with Gasteiger partial charge in [0.2, 0.25) is 0 Å². The first-order valence-corrected chi connectivity index (χ1v) is 12.4. The lowest BCUT2D eigenvalue weighted by molar-refractivity contribution is 0.0949. The van der Waals surface area contributed by atoms with E-state index >= 15 is 0 Å². The van der Waals surface area contributed by atoms with Gasteiger partial charge in [0.05, 0.1) is 0 Å². The fourth-order valence-electron chi connectivity index (χ4n) is 4.87. The van der Waals surface area contributed by atoms with Crippen LogP contribution in [0.4, 0.5) is 16.2 Å². The van der Waals surface area contributed by atoms with Crippen molar-refractivity contribution in [1.82, 2.24) is 10.2 Å². The average molecular weight is 449 g/mol. The van der Waals surface area contributed by atoms with Crippen molar-refractivity contribution >= 4 is 23.3 Å². The lowest BCUT2D eigenvalue weighted by Crippen LogP contribution is -2.39. The lowest BCUT2D eigenvalue weighted by atomic mass is 10.0. The van der Waals surface area contributed by atoms with Gasteiger partial charge < -0.3 is 15.5 Å². The molecule has 2 aromatic carbocycles. The highest BCUT2D eigenvalue weighted by Gasteiger charge is 2.21. The van der Waals surface area contributed by atoms with Gasteiger partial charge in [0.1, 0.15) is 0 Å². The Morgan fingerprint density at radius 2 is 1.76 bits per heavy atom. The molecule has 1 unspecified atom stereocenters. The molecule has 2 heterocycles. The Morgan fingerprint density at radius 1 is 0.970 bits per heavy atom. The molecule has 1 fully saturated rings. The van der Waals surface area contributed by atoms with Crippen molar-refractivity contribution in [3.8, 4) is 0 Å². The van der Waals surface area contributed by atoms with Crippen LogP contribution in [0.25, 0.3) is 0 Å². The minimum Gasteiger partial charge on any atom is -0.352 e. The SMILES string of the molecule is CC1CCCCN1CCCNC(=O)c1ccc(NC(=O)N2CCCCc3ccccc32)cc1. The summed E-state index contributed by atoms with van der Waals surface area (Å²) in [4.78, 5) is 29.8. The number of urea groups is 1. The van der Waals surface area contributed by atoms with Crippen molar-refractivity contribution in [2.24, 2.45) is 0 Å². The van der Waals surface area contributed by atoms with E-state index in [2.05, 4.69) is 28.5 Å². The summed E-state index contributed by atoms with van der Waals surface area (Å²) in [5.41, 5.74) is 3.51. The van der Waals surface area contributed by atoms with E-state index in [-0.39, 0.29) is 11.9 Å². The highest BCUT2D eigenvalue weighted by Crippen LogP contribution is 2.26. The molecule has 3 amide bonds. The van der Waals surface area contributed by atoms with Crippen LogP contribution >= 0.6 is 0 Å². The molecule has 2 aliphatic rings. The lowest BCUT2D eigenvalue weighted by Gasteiger charge is -2.33. The van der Waals surface area contributed by atoms with Crippen LogP contribution in [0.2, 0.25) is 0 Å². The summed E-state index contributed by atoms with van der Waals surface area (Å²) in [5, 5.41) is 6.01. The average Bonchev–Trinajstić information content (AvgIpc) is 3.06. The number of benzene rings is 2.